The fourth-order valence-corrected chi connectivity index (χ4v) is 3.32. The number of nitrogens with two attached hydrogens (primary N) is 1. The summed E-state index contributed by atoms with van der Waals surface area (Å²) in [6.45, 7) is 0.169. The van der Waals surface area contributed by atoms with Gasteiger partial charge in [0.2, 0.25) is 5.67 Å². The summed E-state index contributed by atoms with van der Waals surface area (Å²) in [6, 6.07) is 5.01. The standard InChI is InChI=1S/C14H12Cl2FNO3/c15-8-2-1-6(3-9(8)16)5-21-10-4-7-11(12(10)19)14(7,17)13(18)20/h1-3,7,10-11H,4-5H2,(H2,18,20)/t7?,10-,11-,14-/m1/s1. The van der Waals surface area contributed by atoms with Gasteiger partial charge in [-0.2, -0.15) is 0 Å². The highest BCUT2D eigenvalue weighted by atomic mass is 35.5. The van der Waals surface area contributed by atoms with Gasteiger partial charge in [-0.3, -0.25) is 9.59 Å². The maximum Gasteiger partial charge on any atom is 0.256 e. The minimum atomic E-state index is -2.17. The van der Waals surface area contributed by atoms with Crippen LogP contribution in [0.5, 0.6) is 0 Å². The lowest BCUT2D eigenvalue weighted by Gasteiger charge is -2.16. The van der Waals surface area contributed by atoms with Crippen LogP contribution in [0.3, 0.4) is 0 Å². The van der Waals surface area contributed by atoms with Crippen molar-refractivity contribution in [2.75, 3.05) is 0 Å². The second-order valence-electron chi connectivity index (χ2n) is 5.40. The third-order valence-electron chi connectivity index (χ3n) is 4.19. The first-order valence-corrected chi connectivity index (χ1v) is 7.19. The first kappa shape index (κ1) is 14.8. The molecule has 0 spiro atoms. The van der Waals surface area contributed by atoms with Crippen molar-refractivity contribution >= 4 is 34.9 Å². The summed E-state index contributed by atoms with van der Waals surface area (Å²) in [5.41, 5.74) is 3.59. The number of carbonyl (C=O) groups excluding carboxylic acids is 2. The number of hydrogen-bond donors (Lipinski definition) is 1. The van der Waals surface area contributed by atoms with Gasteiger partial charge in [0.05, 0.1) is 22.6 Å². The van der Waals surface area contributed by atoms with Crippen LogP contribution in [-0.4, -0.2) is 23.5 Å². The van der Waals surface area contributed by atoms with E-state index in [4.69, 9.17) is 33.7 Å². The van der Waals surface area contributed by atoms with E-state index in [2.05, 4.69) is 0 Å². The molecule has 112 valence electrons. The zero-order chi connectivity index (χ0) is 15.4. The van der Waals surface area contributed by atoms with E-state index in [0.717, 1.165) is 5.56 Å². The SMILES string of the molecule is NC(=O)[C@@]1(F)C2C[C@@H](OCc3ccc(Cl)c(Cl)c3)C(=O)[C@@H]21. The Balaban J connectivity index is 1.61. The van der Waals surface area contributed by atoms with Crippen LogP contribution in [0.4, 0.5) is 4.39 Å². The average Bonchev–Trinajstić information content (AvgIpc) is 2.87. The summed E-state index contributed by atoms with van der Waals surface area (Å²) < 4.78 is 19.5. The van der Waals surface area contributed by atoms with Crippen LogP contribution in [0.1, 0.15) is 12.0 Å². The number of ether oxygens (including phenoxy) is 1. The summed E-state index contributed by atoms with van der Waals surface area (Å²) in [6.07, 6.45) is -0.512. The topological polar surface area (TPSA) is 69.4 Å². The van der Waals surface area contributed by atoms with Gasteiger partial charge in [-0.1, -0.05) is 29.3 Å². The van der Waals surface area contributed by atoms with Crippen LogP contribution in [0, 0.1) is 11.8 Å². The quantitative estimate of drug-likeness (QED) is 0.920. The van der Waals surface area contributed by atoms with Gasteiger partial charge in [-0.25, -0.2) is 4.39 Å². The predicted octanol–water partition coefficient (Wildman–Crippen LogP) is 2.29. The van der Waals surface area contributed by atoms with Crippen molar-refractivity contribution in [1.82, 2.24) is 0 Å². The number of hydrogen-bond acceptors (Lipinski definition) is 3. The van der Waals surface area contributed by atoms with Crippen molar-refractivity contribution in [3.05, 3.63) is 33.8 Å². The minimum Gasteiger partial charge on any atom is -0.367 e. The van der Waals surface area contributed by atoms with Crippen LogP contribution in [0.25, 0.3) is 0 Å². The zero-order valence-corrected chi connectivity index (χ0v) is 12.3. The minimum absolute atomic E-state index is 0.169. The van der Waals surface area contributed by atoms with Crippen molar-refractivity contribution < 1.29 is 18.7 Å². The Morgan fingerprint density at radius 2 is 2.14 bits per heavy atom. The summed E-state index contributed by atoms with van der Waals surface area (Å²) in [4.78, 5) is 23.0. The normalized spacial score (nSPS) is 33.9. The third kappa shape index (κ3) is 2.24. The molecule has 2 N–H and O–H groups in total. The van der Waals surface area contributed by atoms with Gasteiger partial charge in [0.25, 0.3) is 5.91 Å². The molecule has 0 aromatic heterocycles. The molecule has 0 saturated heterocycles. The lowest BCUT2D eigenvalue weighted by atomic mass is 10.1. The van der Waals surface area contributed by atoms with Gasteiger partial charge in [0.15, 0.2) is 5.78 Å². The van der Waals surface area contributed by atoms with Crippen LogP contribution in [0.2, 0.25) is 10.0 Å². The molecule has 4 atom stereocenters. The lowest BCUT2D eigenvalue weighted by molar-refractivity contribution is -0.137. The van der Waals surface area contributed by atoms with E-state index in [9.17, 15) is 14.0 Å². The van der Waals surface area contributed by atoms with Crippen molar-refractivity contribution in [2.24, 2.45) is 17.6 Å². The molecule has 2 fully saturated rings. The van der Waals surface area contributed by atoms with Gasteiger partial charge in [-0.05, 0) is 24.1 Å². The molecule has 1 aromatic rings. The number of primary amides is 1. The van der Waals surface area contributed by atoms with E-state index in [1.54, 1.807) is 18.2 Å². The molecule has 2 saturated carbocycles. The molecular formula is C14H12Cl2FNO3. The highest BCUT2D eigenvalue weighted by molar-refractivity contribution is 6.42. The second-order valence-corrected chi connectivity index (χ2v) is 6.22. The molecule has 21 heavy (non-hydrogen) atoms. The largest absolute Gasteiger partial charge is 0.367 e. The third-order valence-corrected chi connectivity index (χ3v) is 4.93. The van der Waals surface area contributed by atoms with E-state index in [0.29, 0.717) is 10.0 Å². The smallest absolute Gasteiger partial charge is 0.256 e. The fourth-order valence-electron chi connectivity index (χ4n) is 3.00. The number of carbonyl (C=O) groups is 2. The van der Waals surface area contributed by atoms with Gasteiger partial charge in [0, 0.05) is 5.92 Å². The Bertz CT molecular complexity index is 639. The highest BCUT2D eigenvalue weighted by Gasteiger charge is 2.78. The summed E-state index contributed by atoms with van der Waals surface area (Å²) in [5.74, 6) is -3.02. The number of ketones is 1. The molecule has 4 nitrogen and oxygen atoms in total. The first-order valence-electron chi connectivity index (χ1n) is 6.43. The zero-order valence-electron chi connectivity index (χ0n) is 10.8. The second kappa shape index (κ2) is 4.93. The van der Waals surface area contributed by atoms with Crippen LogP contribution in [-0.2, 0) is 20.9 Å². The molecule has 3 rings (SSSR count). The highest BCUT2D eigenvalue weighted by Crippen LogP contribution is 2.61. The van der Waals surface area contributed by atoms with Crippen molar-refractivity contribution in [2.45, 2.75) is 24.8 Å². The molecule has 2 aliphatic rings. The van der Waals surface area contributed by atoms with Gasteiger partial charge < -0.3 is 10.5 Å². The average molecular weight is 332 g/mol. The first-order chi connectivity index (χ1) is 9.85. The summed E-state index contributed by atoms with van der Waals surface area (Å²) in [5, 5.41) is 0.831. The molecule has 1 amide bonds. The van der Waals surface area contributed by atoms with Gasteiger partial charge >= 0.3 is 0 Å². The number of halogens is 3. The number of alkyl halides is 1. The van der Waals surface area contributed by atoms with Gasteiger partial charge in [-0.15, -0.1) is 0 Å². The van der Waals surface area contributed by atoms with Crippen LogP contribution < -0.4 is 5.73 Å². The van der Waals surface area contributed by atoms with E-state index in [1.165, 1.54) is 0 Å². The van der Waals surface area contributed by atoms with Crippen LogP contribution >= 0.6 is 23.2 Å². The Morgan fingerprint density at radius 3 is 2.67 bits per heavy atom. The Kier molecular flexibility index (Phi) is 3.47. The molecule has 1 unspecified atom stereocenters. The number of rotatable bonds is 4. The fraction of sp³-hybridized carbons (Fsp3) is 0.429. The molecule has 0 heterocycles. The molecule has 7 heteroatoms. The molecule has 2 aliphatic carbocycles. The van der Waals surface area contributed by atoms with E-state index >= 15 is 0 Å². The van der Waals surface area contributed by atoms with Gasteiger partial charge in [0.1, 0.15) is 6.10 Å². The van der Waals surface area contributed by atoms with Crippen LogP contribution in [0.15, 0.2) is 18.2 Å². The van der Waals surface area contributed by atoms with E-state index in [-0.39, 0.29) is 18.8 Å². The predicted molar refractivity (Wildman–Crippen MR) is 74.7 cm³/mol. The summed E-state index contributed by atoms with van der Waals surface area (Å²) in [7, 11) is 0. The summed E-state index contributed by atoms with van der Waals surface area (Å²) >= 11 is 11.7. The Labute approximate surface area is 130 Å². The maximum absolute atomic E-state index is 14.0. The lowest BCUT2D eigenvalue weighted by Crippen LogP contribution is -2.37. The molecular weight excluding hydrogens is 320 g/mol. The monoisotopic (exact) mass is 331 g/mol. The Morgan fingerprint density at radius 1 is 1.43 bits per heavy atom. The van der Waals surface area contributed by atoms with Crippen molar-refractivity contribution in [1.29, 1.82) is 0 Å². The van der Waals surface area contributed by atoms with Crippen molar-refractivity contribution in [3.63, 3.8) is 0 Å². The van der Waals surface area contributed by atoms with E-state index in [1.807, 2.05) is 0 Å². The van der Waals surface area contributed by atoms with Crippen molar-refractivity contribution in [3.8, 4) is 0 Å². The van der Waals surface area contributed by atoms with E-state index < -0.39 is 29.5 Å². The molecule has 0 bridgehead atoms. The Hall–Kier alpha value is -1.17. The molecule has 0 aliphatic heterocycles. The number of benzene rings is 1. The number of amides is 1. The maximum atomic E-state index is 14.0. The number of fused-ring (bicyclic) bond motifs is 1. The number of Topliss-reactive ketones (excluding diaryl/α,β-unsaturated/α-hetero) is 1. The molecule has 0 radical (unpaired) electrons. The molecule has 1 aromatic carbocycles.